The lowest BCUT2D eigenvalue weighted by Crippen LogP contribution is -2.46. The fourth-order valence-electron chi connectivity index (χ4n) is 3.47. The molecule has 9 nitrogen and oxygen atoms in total. The van der Waals surface area contributed by atoms with Gasteiger partial charge in [0.25, 0.3) is 0 Å². The van der Waals surface area contributed by atoms with Crippen LogP contribution in [-0.4, -0.2) is 70.3 Å². The standard InChI is InChI=1S/C20H28N4O5Si/c1-12(26)23-17-15-13(7-8-30(4,5)6)9-24(18(15)22-11-21-17)19-20(2,28-3)16(27)14(10-25)29-19/h9,11,14,16,19,25,27H,10H2,1-6H3,(H,21,22,23,26)/t14?,16?,19-,20?/m1/s1. The molecule has 1 fully saturated rings. The SMILES string of the molecule is COC1(C)C(O)C(CO)O[C@H]1n1cc(C#C[Si](C)(C)C)c2c(NC(C)=O)ncnc21. The third kappa shape index (κ3) is 3.99. The monoisotopic (exact) mass is 432 g/mol. The van der Waals surface area contributed by atoms with Gasteiger partial charge in [-0.15, -0.1) is 5.54 Å². The van der Waals surface area contributed by atoms with E-state index in [1.54, 1.807) is 17.7 Å². The number of nitrogens with zero attached hydrogens (tertiary/aromatic N) is 3. The van der Waals surface area contributed by atoms with Crippen molar-refractivity contribution in [1.82, 2.24) is 14.5 Å². The Morgan fingerprint density at radius 1 is 1.43 bits per heavy atom. The molecule has 1 aliphatic heterocycles. The Bertz CT molecular complexity index is 1020. The quantitative estimate of drug-likeness (QED) is 0.492. The molecular formula is C20H28N4O5Si. The van der Waals surface area contributed by atoms with E-state index in [1.807, 2.05) is 0 Å². The van der Waals surface area contributed by atoms with Crippen LogP contribution in [0.5, 0.6) is 0 Å². The zero-order chi connectivity index (χ0) is 22.3. The van der Waals surface area contributed by atoms with Crippen molar-refractivity contribution in [2.45, 2.75) is 57.5 Å². The number of aliphatic hydroxyl groups excluding tert-OH is 2. The lowest BCUT2D eigenvalue weighted by atomic mass is 9.96. The summed E-state index contributed by atoms with van der Waals surface area (Å²) in [5, 5.41) is 23.6. The molecule has 4 atom stereocenters. The zero-order valence-corrected chi connectivity index (χ0v) is 19.1. The normalized spacial score (nSPS) is 26.5. The topological polar surface area (TPSA) is 119 Å². The summed E-state index contributed by atoms with van der Waals surface area (Å²) in [6.07, 6.45) is 0.471. The molecule has 0 bridgehead atoms. The molecule has 0 spiro atoms. The van der Waals surface area contributed by atoms with Crippen LogP contribution in [0.25, 0.3) is 11.0 Å². The van der Waals surface area contributed by atoms with E-state index >= 15 is 0 Å². The summed E-state index contributed by atoms with van der Waals surface area (Å²) in [5.74, 6) is 3.31. The van der Waals surface area contributed by atoms with E-state index in [1.165, 1.54) is 20.4 Å². The largest absolute Gasteiger partial charge is 0.394 e. The van der Waals surface area contributed by atoms with Crippen molar-refractivity contribution in [3.8, 4) is 11.5 Å². The van der Waals surface area contributed by atoms with E-state index in [9.17, 15) is 15.0 Å². The van der Waals surface area contributed by atoms with E-state index in [0.717, 1.165) is 0 Å². The number of ether oxygens (including phenoxy) is 2. The molecule has 0 saturated carbocycles. The van der Waals surface area contributed by atoms with Crippen molar-refractivity contribution >= 4 is 30.8 Å². The van der Waals surface area contributed by atoms with Gasteiger partial charge in [-0.25, -0.2) is 9.97 Å². The number of nitrogens with one attached hydrogen (secondary N) is 1. The van der Waals surface area contributed by atoms with Crippen molar-refractivity contribution in [2.24, 2.45) is 0 Å². The maximum absolute atomic E-state index is 11.7. The average molecular weight is 433 g/mol. The molecule has 3 N–H and O–H groups in total. The molecule has 162 valence electrons. The van der Waals surface area contributed by atoms with Gasteiger partial charge in [0.1, 0.15) is 43.7 Å². The molecule has 1 saturated heterocycles. The molecule has 0 aromatic carbocycles. The molecule has 1 aliphatic rings. The third-order valence-electron chi connectivity index (χ3n) is 5.08. The van der Waals surface area contributed by atoms with Gasteiger partial charge >= 0.3 is 0 Å². The molecule has 0 radical (unpaired) electrons. The number of rotatable bonds is 4. The molecule has 0 aliphatic carbocycles. The number of amides is 1. The fourth-order valence-corrected chi connectivity index (χ4v) is 3.98. The molecular weight excluding hydrogens is 404 g/mol. The van der Waals surface area contributed by atoms with Gasteiger partial charge in [0.15, 0.2) is 6.23 Å². The molecule has 1 amide bonds. The summed E-state index contributed by atoms with van der Waals surface area (Å²) >= 11 is 0. The minimum absolute atomic E-state index is 0.263. The first-order valence-corrected chi connectivity index (χ1v) is 13.2. The van der Waals surface area contributed by atoms with Gasteiger partial charge in [0.05, 0.1) is 17.6 Å². The van der Waals surface area contributed by atoms with E-state index in [-0.39, 0.29) is 12.5 Å². The smallest absolute Gasteiger partial charge is 0.222 e. The molecule has 3 rings (SSSR count). The number of methoxy groups -OCH3 is 1. The Balaban J connectivity index is 2.25. The number of aliphatic hydroxyl groups is 2. The second-order valence-electron chi connectivity index (χ2n) is 8.59. The van der Waals surface area contributed by atoms with Crippen molar-refractivity contribution < 1.29 is 24.5 Å². The molecule has 30 heavy (non-hydrogen) atoms. The van der Waals surface area contributed by atoms with Crippen LogP contribution in [0, 0.1) is 11.5 Å². The summed E-state index contributed by atoms with van der Waals surface area (Å²) in [4.78, 5) is 20.3. The number of fused-ring (bicyclic) bond motifs is 1. The Kier molecular flexibility index (Phi) is 6.04. The van der Waals surface area contributed by atoms with Gasteiger partial charge in [-0.05, 0) is 6.92 Å². The summed E-state index contributed by atoms with van der Waals surface area (Å²) in [6, 6.07) is 0. The van der Waals surface area contributed by atoms with Gasteiger partial charge in [-0.1, -0.05) is 25.6 Å². The average Bonchev–Trinajstić information content (AvgIpc) is 3.16. The summed E-state index contributed by atoms with van der Waals surface area (Å²) in [6.45, 7) is 9.16. The predicted octanol–water partition coefficient (Wildman–Crippen LogP) is 1.27. The van der Waals surface area contributed by atoms with Crippen LogP contribution in [0.4, 0.5) is 5.82 Å². The van der Waals surface area contributed by atoms with Crippen LogP contribution in [0.2, 0.25) is 19.6 Å². The lowest BCUT2D eigenvalue weighted by Gasteiger charge is -2.31. The number of hydrogen-bond donors (Lipinski definition) is 3. The minimum atomic E-state index is -1.69. The van der Waals surface area contributed by atoms with E-state index in [4.69, 9.17) is 9.47 Å². The summed E-state index contributed by atoms with van der Waals surface area (Å²) in [7, 11) is -0.209. The van der Waals surface area contributed by atoms with Crippen LogP contribution < -0.4 is 5.32 Å². The predicted molar refractivity (Wildman–Crippen MR) is 114 cm³/mol. The van der Waals surface area contributed by atoms with Crippen LogP contribution in [0.3, 0.4) is 0 Å². The maximum atomic E-state index is 11.7. The number of carbonyl (C=O) groups is 1. The van der Waals surface area contributed by atoms with Crippen LogP contribution >= 0.6 is 0 Å². The summed E-state index contributed by atoms with van der Waals surface area (Å²) in [5.41, 5.74) is 3.31. The second kappa shape index (κ2) is 8.09. The molecule has 3 unspecified atom stereocenters. The molecule has 3 heterocycles. The van der Waals surface area contributed by atoms with Crippen molar-refractivity contribution in [3.63, 3.8) is 0 Å². The molecule has 2 aromatic heterocycles. The van der Waals surface area contributed by atoms with E-state index in [0.29, 0.717) is 22.4 Å². The Hall–Kier alpha value is -2.29. The number of anilines is 1. The van der Waals surface area contributed by atoms with Gasteiger partial charge < -0.3 is 29.6 Å². The van der Waals surface area contributed by atoms with Gasteiger partial charge in [-0.2, -0.15) is 0 Å². The second-order valence-corrected chi connectivity index (χ2v) is 13.3. The van der Waals surface area contributed by atoms with Crippen LogP contribution in [0.1, 0.15) is 25.6 Å². The molecule has 2 aromatic rings. The highest BCUT2D eigenvalue weighted by Crippen LogP contribution is 2.43. The Morgan fingerprint density at radius 2 is 2.13 bits per heavy atom. The maximum Gasteiger partial charge on any atom is 0.222 e. The van der Waals surface area contributed by atoms with E-state index in [2.05, 4.69) is 46.4 Å². The molecule has 10 heteroatoms. The Morgan fingerprint density at radius 3 is 2.70 bits per heavy atom. The first-order chi connectivity index (χ1) is 14.0. The lowest BCUT2D eigenvalue weighted by molar-refractivity contribution is -0.118. The number of aromatic nitrogens is 3. The van der Waals surface area contributed by atoms with E-state index < -0.39 is 32.1 Å². The highest BCUT2D eigenvalue weighted by Gasteiger charge is 2.54. The first-order valence-electron chi connectivity index (χ1n) is 9.67. The van der Waals surface area contributed by atoms with Crippen LogP contribution in [0.15, 0.2) is 12.5 Å². The van der Waals surface area contributed by atoms with Gasteiger partial charge in [0.2, 0.25) is 5.91 Å². The van der Waals surface area contributed by atoms with Crippen molar-refractivity contribution in [3.05, 3.63) is 18.1 Å². The zero-order valence-electron chi connectivity index (χ0n) is 18.1. The number of carbonyl (C=O) groups excluding carboxylic acids is 1. The summed E-state index contributed by atoms with van der Waals surface area (Å²) < 4.78 is 13.3. The van der Waals surface area contributed by atoms with Crippen molar-refractivity contribution in [1.29, 1.82) is 0 Å². The fraction of sp³-hybridized carbons (Fsp3) is 0.550. The Labute approximate surface area is 176 Å². The van der Waals surface area contributed by atoms with Gasteiger partial charge in [0, 0.05) is 20.2 Å². The minimum Gasteiger partial charge on any atom is -0.394 e. The first kappa shape index (κ1) is 22.4. The highest BCUT2D eigenvalue weighted by atomic mass is 28.3. The third-order valence-corrected chi connectivity index (χ3v) is 5.96. The highest BCUT2D eigenvalue weighted by molar-refractivity contribution is 6.83. The van der Waals surface area contributed by atoms with Crippen molar-refractivity contribution in [2.75, 3.05) is 19.0 Å². The van der Waals surface area contributed by atoms with Gasteiger partial charge in [-0.3, -0.25) is 4.79 Å². The number of hydrogen-bond acceptors (Lipinski definition) is 7. The van der Waals surface area contributed by atoms with Crippen LogP contribution in [-0.2, 0) is 14.3 Å².